The number of hydrogen-bond donors (Lipinski definition) is 1. The van der Waals surface area contributed by atoms with E-state index in [1.54, 1.807) is 31.2 Å². The maximum atomic E-state index is 13.1. The van der Waals surface area contributed by atoms with Gasteiger partial charge in [-0.05, 0) is 31.9 Å². The van der Waals surface area contributed by atoms with E-state index in [1.807, 2.05) is 4.90 Å². The zero-order chi connectivity index (χ0) is 17.1. The number of likely N-dealkylation sites (tertiary alicyclic amines) is 1. The van der Waals surface area contributed by atoms with E-state index >= 15 is 0 Å². The highest BCUT2D eigenvalue weighted by Gasteiger charge is 2.30. The van der Waals surface area contributed by atoms with Crippen molar-refractivity contribution < 1.29 is 14.4 Å². The molecule has 0 aliphatic carbocycles. The van der Waals surface area contributed by atoms with Crippen LogP contribution in [0.4, 0.5) is 0 Å². The summed E-state index contributed by atoms with van der Waals surface area (Å²) in [4.78, 5) is 14.9. The van der Waals surface area contributed by atoms with Gasteiger partial charge >= 0.3 is 0 Å². The molecular weight excluding hydrogens is 328 g/mol. The Hall–Kier alpha value is -1.85. The molecule has 0 bridgehead atoms. The number of rotatable bonds is 3. The fourth-order valence-corrected chi connectivity index (χ4v) is 3.16. The van der Waals surface area contributed by atoms with Crippen LogP contribution in [0.3, 0.4) is 0 Å². The quantitative estimate of drug-likeness (QED) is 0.908. The average molecular weight is 349 g/mol. The number of aliphatic hydroxyl groups is 1. The highest BCUT2D eigenvalue weighted by Crippen LogP contribution is 2.31. The molecule has 2 aromatic rings. The van der Waals surface area contributed by atoms with Crippen LogP contribution in [0.5, 0.6) is 0 Å². The molecule has 1 N–H and O–H groups in total. The maximum absolute atomic E-state index is 13.1. The Bertz CT molecular complexity index is 702. The van der Waals surface area contributed by atoms with E-state index < -0.39 is 6.10 Å². The van der Waals surface area contributed by atoms with Crippen LogP contribution in [-0.4, -0.2) is 34.2 Å². The predicted molar refractivity (Wildman–Crippen MR) is 92.0 cm³/mol. The zero-order valence-corrected chi connectivity index (χ0v) is 14.4. The Kier molecular flexibility index (Phi) is 5.21. The van der Waals surface area contributed by atoms with Crippen molar-refractivity contribution in [3.8, 4) is 11.3 Å². The summed E-state index contributed by atoms with van der Waals surface area (Å²) >= 11 is 5.94. The zero-order valence-electron chi connectivity index (χ0n) is 13.7. The second-order valence-electron chi connectivity index (χ2n) is 6.16. The molecule has 0 saturated carbocycles. The van der Waals surface area contributed by atoms with Gasteiger partial charge in [-0.25, -0.2) is 0 Å². The lowest BCUT2D eigenvalue weighted by Gasteiger charge is -2.20. The van der Waals surface area contributed by atoms with Crippen molar-refractivity contribution in [1.29, 1.82) is 0 Å². The monoisotopic (exact) mass is 348 g/mol. The van der Waals surface area contributed by atoms with Gasteiger partial charge in [-0.2, -0.15) is 0 Å². The molecule has 128 valence electrons. The van der Waals surface area contributed by atoms with Crippen LogP contribution in [0.25, 0.3) is 11.3 Å². The van der Waals surface area contributed by atoms with Crippen LogP contribution >= 0.6 is 11.6 Å². The lowest BCUT2D eigenvalue weighted by Crippen LogP contribution is -2.32. The maximum Gasteiger partial charge on any atom is 0.259 e. The van der Waals surface area contributed by atoms with Crippen LogP contribution in [0.15, 0.2) is 28.8 Å². The van der Waals surface area contributed by atoms with E-state index in [0.29, 0.717) is 16.3 Å². The number of amides is 1. The third-order valence-electron chi connectivity index (χ3n) is 4.32. The Morgan fingerprint density at radius 1 is 1.21 bits per heavy atom. The summed E-state index contributed by atoms with van der Waals surface area (Å²) in [5.41, 5.74) is 1.55. The molecule has 6 heteroatoms. The first-order valence-corrected chi connectivity index (χ1v) is 8.68. The standard InChI is InChI=1S/C18H21ClN2O3/c1-12(22)17-15(18(23)21-10-4-2-3-5-11-21)16(20-24-17)13-6-8-14(19)9-7-13/h6-9,12,22H,2-5,10-11H2,1H3/t12-/m0/s1. The van der Waals surface area contributed by atoms with Gasteiger partial charge in [0.25, 0.3) is 5.91 Å². The molecule has 1 amide bonds. The number of hydrogen-bond acceptors (Lipinski definition) is 4. The number of benzene rings is 1. The lowest BCUT2D eigenvalue weighted by molar-refractivity contribution is 0.0750. The summed E-state index contributed by atoms with van der Waals surface area (Å²) in [6.45, 7) is 3.03. The van der Waals surface area contributed by atoms with Gasteiger partial charge in [-0.15, -0.1) is 0 Å². The second kappa shape index (κ2) is 7.36. The smallest absolute Gasteiger partial charge is 0.259 e. The number of nitrogens with zero attached hydrogens (tertiary/aromatic N) is 2. The predicted octanol–water partition coefficient (Wildman–Crippen LogP) is 4.06. The van der Waals surface area contributed by atoms with Gasteiger partial charge in [-0.3, -0.25) is 4.79 Å². The van der Waals surface area contributed by atoms with Crippen molar-refractivity contribution >= 4 is 17.5 Å². The molecule has 1 aromatic carbocycles. The molecule has 1 saturated heterocycles. The van der Waals surface area contributed by atoms with Crippen molar-refractivity contribution in [2.45, 2.75) is 38.7 Å². The molecule has 3 rings (SSSR count). The van der Waals surface area contributed by atoms with Gasteiger partial charge in [0, 0.05) is 23.7 Å². The van der Waals surface area contributed by atoms with Crippen molar-refractivity contribution in [2.75, 3.05) is 13.1 Å². The van der Waals surface area contributed by atoms with E-state index in [1.165, 1.54) is 0 Å². The molecule has 0 radical (unpaired) electrons. The van der Waals surface area contributed by atoms with Crippen LogP contribution < -0.4 is 0 Å². The minimum atomic E-state index is -0.899. The number of carbonyl (C=O) groups is 1. The topological polar surface area (TPSA) is 66.6 Å². The second-order valence-corrected chi connectivity index (χ2v) is 6.60. The van der Waals surface area contributed by atoms with E-state index in [0.717, 1.165) is 44.3 Å². The first-order chi connectivity index (χ1) is 11.6. The minimum Gasteiger partial charge on any atom is -0.385 e. The fourth-order valence-electron chi connectivity index (χ4n) is 3.03. The van der Waals surface area contributed by atoms with E-state index in [9.17, 15) is 9.90 Å². The Morgan fingerprint density at radius 3 is 2.42 bits per heavy atom. The molecule has 1 atom stereocenters. The lowest BCUT2D eigenvalue weighted by atomic mass is 10.0. The van der Waals surface area contributed by atoms with Gasteiger partial charge < -0.3 is 14.5 Å². The van der Waals surface area contributed by atoms with E-state index in [4.69, 9.17) is 16.1 Å². The molecule has 24 heavy (non-hydrogen) atoms. The van der Waals surface area contributed by atoms with Gasteiger partial charge in [0.2, 0.25) is 0 Å². The third-order valence-corrected chi connectivity index (χ3v) is 4.57. The minimum absolute atomic E-state index is 0.126. The molecule has 1 aromatic heterocycles. The SMILES string of the molecule is C[C@H](O)c1onc(-c2ccc(Cl)cc2)c1C(=O)N1CCCCCC1. The summed E-state index contributed by atoms with van der Waals surface area (Å²) < 4.78 is 5.30. The summed E-state index contributed by atoms with van der Waals surface area (Å²) in [5, 5.41) is 14.6. The Morgan fingerprint density at radius 2 is 1.83 bits per heavy atom. The average Bonchev–Trinajstić information content (AvgIpc) is 2.83. The normalized spacial score (nSPS) is 16.7. The van der Waals surface area contributed by atoms with E-state index in [2.05, 4.69) is 5.16 Å². The van der Waals surface area contributed by atoms with Crippen LogP contribution in [-0.2, 0) is 0 Å². The van der Waals surface area contributed by atoms with Gasteiger partial charge in [0.15, 0.2) is 5.76 Å². The molecular formula is C18H21ClN2O3. The summed E-state index contributed by atoms with van der Waals surface area (Å²) in [7, 11) is 0. The number of aromatic nitrogens is 1. The van der Waals surface area contributed by atoms with Crippen molar-refractivity contribution in [3.63, 3.8) is 0 Å². The summed E-state index contributed by atoms with van der Waals surface area (Å²) in [6, 6.07) is 7.08. The highest BCUT2D eigenvalue weighted by molar-refractivity contribution is 6.30. The molecule has 1 aliphatic heterocycles. The number of aliphatic hydroxyl groups excluding tert-OH is 1. The van der Waals surface area contributed by atoms with Gasteiger partial charge in [0.05, 0.1) is 0 Å². The molecule has 2 heterocycles. The van der Waals surface area contributed by atoms with Gasteiger partial charge in [-0.1, -0.05) is 41.7 Å². The van der Waals surface area contributed by atoms with E-state index in [-0.39, 0.29) is 11.7 Å². The summed E-state index contributed by atoms with van der Waals surface area (Å²) in [6.07, 6.45) is 3.38. The number of carbonyl (C=O) groups excluding carboxylic acids is 1. The fraction of sp³-hybridized carbons (Fsp3) is 0.444. The third kappa shape index (κ3) is 3.47. The van der Waals surface area contributed by atoms with Crippen molar-refractivity contribution in [2.24, 2.45) is 0 Å². The highest BCUT2D eigenvalue weighted by atomic mass is 35.5. The molecule has 1 aliphatic rings. The molecule has 1 fully saturated rings. The van der Waals surface area contributed by atoms with Crippen LogP contribution in [0, 0.1) is 0 Å². The number of halogens is 1. The largest absolute Gasteiger partial charge is 0.385 e. The molecule has 0 spiro atoms. The Labute approximate surface area is 146 Å². The Balaban J connectivity index is 2.02. The van der Waals surface area contributed by atoms with Crippen molar-refractivity contribution in [3.05, 3.63) is 40.6 Å². The summed E-state index contributed by atoms with van der Waals surface area (Å²) in [5.74, 6) is 0.0909. The molecule has 5 nitrogen and oxygen atoms in total. The van der Waals surface area contributed by atoms with Gasteiger partial charge in [0.1, 0.15) is 17.4 Å². The first kappa shape index (κ1) is 17.0. The van der Waals surface area contributed by atoms with Crippen LogP contribution in [0.2, 0.25) is 5.02 Å². The molecule has 0 unspecified atom stereocenters. The van der Waals surface area contributed by atoms with Crippen molar-refractivity contribution in [1.82, 2.24) is 10.1 Å². The van der Waals surface area contributed by atoms with Crippen LogP contribution in [0.1, 0.15) is 54.8 Å². The first-order valence-electron chi connectivity index (χ1n) is 8.31.